The van der Waals surface area contributed by atoms with E-state index in [2.05, 4.69) is 44.9 Å². The van der Waals surface area contributed by atoms with Gasteiger partial charge >= 0.3 is 12.1 Å². The standard InChI is InChI=1S/C17H12F3N9O/c18-17(19,20)15-28-14(29-30-15)10-6-23-13(24-7-10)8-25-16-26-11(4-12(21)27-16)9-2-1-3-22-5-9/h1-7H,8H2,(H3,21,25,26,27). The first kappa shape index (κ1) is 19.2. The zero-order valence-electron chi connectivity index (χ0n) is 15.0. The van der Waals surface area contributed by atoms with Crippen LogP contribution in [0.3, 0.4) is 0 Å². The van der Waals surface area contributed by atoms with Gasteiger partial charge in [0.25, 0.3) is 0 Å². The van der Waals surface area contributed by atoms with E-state index in [4.69, 9.17) is 5.73 Å². The quantitative estimate of drug-likeness (QED) is 0.499. The summed E-state index contributed by atoms with van der Waals surface area (Å²) < 4.78 is 41.8. The number of anilines is 2. The van der Waals surface area contributed by atoms with E-state index in [1.807, 2.05) is 6.07 Å². The second-order valence-electron chi connectivity index (χ2n) is 5.91. The molecule has 0 atom stereocenters. The highest BCUT2D eigenvalue weighted by Crippen LogP contribution is 2.29. The van der Waals surface area contributed by atoms with E-state index in [-0.39, 0.29) is 29.7 Å². The van der Waals surface area contributed by atoms with Crippen molar-refractivity contribution in [1.29, 1.82) is 0 Å². The molecule has 0 aliphatic carbocycles. The third-order valence-electron chi connectivity index (χ3n) is 3.74. The Morgan fingerprint density at radius 2 is 1.83 bits per heavy atom. The number of hydrogen-bond acceptors (Lipinski definition) is 10. The van der Waals surface area contributed by atoms with E-state index < -0.39 is 12.1 Å². The Balaban J connectivity index is 1.46. The van der Waals surface area contributed by atoms with Crippen LogP contribution in [0, 0.1) is 0 Å². The summed E-state index contributed by atoms with van der Waals surface area (Å²) in [6, 6.07) is 5.23. The summed E-state index contributed by atoms with van der Waals surface area (Å²) in [4.78, 5) is 23.9. The monoisotopic (exact) mass is 415 g/mol. The van der Waals surface area contributed by atoms with Crippen LogP contribution in [0.1, 0.15) is 11.7 Å². The average Bonchev–Trinajstić information content (AvgIpc) is 3.24. The van der Waals surface area contributed by atoms with Crippen LogP contribution in [0.25, 0.3) is 22.6 Å². The number of rotatable bonds is 5. The van der Waals surface area contributed by atoms with Crippen molar-refractivity contribution in [3.05, 3.63) is 54.7 Å². The van der Waals surface area contributed by atoms with Crippen LogP contribution >= 0.6 is 0 Å². The molecule has 4 heterocycles. The zero-order chi connectivity index (χ0) is 21.1. The number of nitrogens with one attached hydrogen (secondary N) is 1. The predicted octanol–water partition coefficient (Wildman–Crippen LogP) is 2.59. The molecule has 3 N–H and O–H groups in total. The fourth-order valence-corrected chi connectivity index (χ4v) is 2.38. The maximum absolute atomic E-state index is 12.5. The molecular formula is C17H12F3N9O. The number of alkyl halides is 3. The summed E-state index contributed by atoms with van der Waals surface area (Å²) in [5.74, 6) is -0.837. The summed E-state index contributed by atoms with van der Waals surface area (Å²) in [5, 5.41) is 6.23. The summed E-state index contributed by atoms with van der Waals surface area (Å²) in [6.07, 6.45) is 1.15. The van der Waals surface area contributed by atoms with E-state index in [1.165, 1.54) is 12.4 Å². The SMILES string of the molecule is Nc1cc(-c2cccnc2)nc(NCc2ncc(-c3noc(C(F)(F)F)n3)cn2)n1. The Bertz CT molecular complexity index is 1150. The molecule has 0 bridgehead atoms. The van der Waals surface area contributed by atoms with Gasteiger partial charge in [-0.05, 0) is 12.1 Å². The molecule has 0 spiro atoms. The van der Waals surface area contributed by atoms with Crippen LogP contribution in [0.15, 0.2) is 47.5 Å². The minimum Gasteiger partial charge on any atom is -0.384 e. The largest absolute Gasteiger partial charge is 0.471 e. The summed E-state index contributed by atoms with van der Waals surface area (Å²) in [5.41, 5.74) is 7.38. The van der Waals surface area contributed by atoms with Gasteiger partial charge in [0.15, 0.2) is 0 Å². The normalized spacial score (nSPS) is 11.4. The lowest BCUT2D eigenvalue weighted by Gasteiger charge is -2.07. The van der Waals surface area contributed by atoms with Gasteiger partial charge in [0.2, 0.25) is 11.8 Å². The molecule has 10 nitrogen and oxygen atoms in total. The van der Waals surface area contributed by atoms with Crippen LogP contribution in [0.4, 0.5) is 24.9 Å². The zero-order valence-corrected chi connectivity index (χ0v) is 15.0. The van der Waals surface area contributed by atoms with Crippen molar-refractivity contribution in [3.8, 4) is 22.6 Å². The molecule has 0 aliphatic heterocycles. The van der Waals surface area contributed by atoms with Crippen LogP contribution in [0.5, 0.6) is 0 Å². The molecule has 0 unspecified atom stereocenters. The maximum atomic E-state index is 12.5. The highest BCUT2D eigenvalue weighted by Gasteiger charge is 2.38. The number of nitrogens with zero attached hydrogens (tertiary/aromatic N) is 7. The molecule has 0 saturated carbocycles. The Morgan fingerprint density at radius 1 is 1.03 bits per heavy atom. The summed E-state index contributed by atoms with van der Waals surface area (Å²) in [7, 11) is 0. The van der Waals surface area contributed by atoms with E-state index in [0.29, 0.717) is 11.5 Å². The highest BCUT2D eigenvalue weighted by molar-refractivity contribution is 5.62. The van der Waals surface area contributed by atoms with Crippen molar-refractivity contribution in [1.82, 2.24) is 35.1 Å². The summed E-state index contributed by atoms with van der Waals surface area (Å²) in [6.45, 7) is 0.149. The third-order valence-corrected chi connectivity index (χ3v) is 3.74. The van der Waals surface area contributed by atoms with Gasteiger partial charge in [0.05, 0.1) is 17.8 Å². The highest BCUT2D eigenvalue weighted by atomic mass is 19.4. The van der Waals surface area contributed by atoms with Crippen molar-refractivity contribution in [2.45, 2.75) is 12.7 Å². The lowest BCUT2D eigenvalue weighted by atomic mass is 10.2. The molecule has 152 valence electrons. The number of nitrogen functional groups attached to an aromatic ring is 1. The molecular weight excluding hydrogens is 403 g/mol. The summed E-state index contributed by atoms with van der Waals surface area (Å²) >= 11 is 0. The van der Waals surface area contributed by atoms with Crippen LogP contribution in [0.2, 0.25) is 0 Å². The van der Waals surface area contributed by atoms with Gasteiger partial charge in [-0.1, -0.05) is 5.16 Å². The first-order valence-electron chi connectivity index (χ1n) is 8.39. The number of nitrogens with two attached hydrogens (primary N) is 1. The van der Waals surface area contributed by atoms with E-state index in [9.17, 15) is 13.2 Å². The molecule has 13 heteroatoms. The first-order chi connectivity index (χ1) is 14.4. The maximum Gasteiger partial charge on any atom is 0.471 e. The van der Waals surface area contributed by atoms with Crippen molar-refractivity contribution in [2.75, 3.05) is 11.1 Å². The van der Waals surface area contributed by atoms with Crippen molar-refractivity contribution >= 4 is 11.8 Å². The second-order valence-corrected chi connectivity index (χ2v) is 5.91. The molecule has 30 heavy (non-hydrogen) atoms. The molecule has 0 saturated heterocycles. The van der Waals surface area contributed by atoms with Crippen LogP contribution in [-0.4, -0.2) is 35.1 Å². The fourth-order valence-electron chi connectivity index (χ4n) is 2.38. The number of hydrogen-bond donors (Lipinski definition) is 2. The lowest BCUT2D eigenvalue weighted by Crippen LogP contribution is -2.08. The van der Waals surface area contributed by atoms with Gasteiger partial charge in [0.1, 0.15) is 11.6 Å². The first-order valence-corrected chi connectivity index (χ1v) is 8.39. The number of halogens is 3. The Labute approximate surface area is 166 Å². The number of aromatic nitrogens is 7. The molecule has 4 aromatic heterocycles. The van der Waals surface area contributed by atoms with Gasteiger partial charge in [-0.3, -0.25) is 4.98 Å². The topological polar surface area (TPSA) is 141 Å². The van der Waals surface area contributed by atoms with Crippen LogP contribution < -0.4 is 11.1 Å². The molecule has 0 radical (unpaired) electrons. The fraction of sp³-hybridized carbons (Fsp3) is 0.118. The Hall–Kier alpha value is -4.16. The van der Waals surface area contributed by atoms with Crippen molar-refractivity contribution < 1.29 is 17.7 Å². The third kappa shape index (κ3) is 4.29. The molecule has 4 rings (SSSR count). The Kier molecular flexibility index (Phi) is 4.92. The molecule has 0 aromatic carbocycles. The Morgan fingerprint density at radius 3 is 2.50 bits per heavy atom. The van der Waals surface area contributed by atoms with E-state index >= 15 is 0 Å². The molecule has 0 aliphatic rings. The van der Waals surface area contributed by atoms with Gasteiger partial charge in [0, 0.05) is 36.4 Å². The minimum atomic E-state index is -4.72. The second kappa shape index (κ2) is 7.69. The lowest BCUT2D eigenvalue weighted by molar-refractivity contribution is -0.159. The minimum absolute atomic E-state index is 0.149. The predicted molar refractivity (Wildman–Crippen MR) is 97.3 cm³/mol. The van der Waals surface area contributed by atoms with Gasteiger partial charge in [-0.15, -0.1) is 0 Å². The van der Waals surface area contributed by atoms with E-state index in [1.54, 1.807) is 24.5 Å². The smallest absolute Gasteiger partial charge is 0.384 e. The van der Waals surface area contributed by atoms with Gasteiger partial charge < -0.3 is 15.6 Å². The van der Waals surface area contributed by atoms with Gasteiger partial charge in [-0.2, -0.15) is 23.1 Å². The molecule has 0 fully saturated rings. The van der Waals surface area contributed by atoms with Gasteiger partial charge in [-0.25, -0.2) is 15.0 Å². The molecule has 4 aromatic rings. The van der Waals surface area contributed by atoms with Crippen molar-refractivity contribution in [3.63, 3.8) is 0 Å². The average molecular weight is 415 g/mol. The molecule has 0 amide bonds. The van der Waals surface area contributed by atoms with Crippen LogP contribution in [-0.2, 0) is 12.7 Å². The van der Waals surface area contributed by atoms with Crippen molar-refractivity contribution in [2.24, 2.45) is 0 Å². The number of pyridine rings is 1. The van der Waals surface area contributed by atoms with E-state index in [0.717, 1.165) is 5.56 Å².